The second-order valence-electron chi connectivity index (χ2n) is 4.98. The molecule has 0 bridgehead atoms. The predicted octanol–water partition coefficient (Wildman–Crippen LogP) is 2.79. The Morgan fingerprint density at radius 2 is 2.21 bits per heavy atom. The van der Waals surface area contributed by atoms with E-state index < -0.39 is 0 Å². The van der Waals surface area contributed by atoms with Crippen LogP contribution in [0.5, 0.6) is 0 Å². The third-order valence-corrected chi connectivity index (χ3v) is 4.55. The Hall–Kier alpha value is -0.970. The number of likely N-dealkylation sites (N-methyl/N-ethyl adjacent to an activating group) is 1. The van der Waals surface area contributed by atoms with Crippen LogP contribution in [0.4, 0.5) is 0 Å². The van der Waals surface area contributed by atoms with E-state index in [2.05, 4.69) is 56.3 Å². The standard InChI is InChI=1S/C15H18BrN3/c1-2-19(12-8-17-9-12)10-11-5-6-14(16)13-4-3-7-18-15(11)13/h3-7,12,17H,2,8-10H2,1H3. The number of halogens is 1. The Morgan fingerprint density at radius 3 is 2.89 bits per heavy atom. The Labute approximate surface area is 122 Å². The molecule has 19 heavy (non-hydrogen) atoms. The maximum Gasteiger partial charge on any atom is 0.0758 e. The minimum Gasteiger partial charge on any atom is -0.314 e. The van der Waals surface area contributed by atoms with E-state index in [4.69, 9.17) is 0 Å². The van der Waals surface area contributed by atoms with Gasteiger partial charge in [0.25, 0.3) is 0 Å². The second kappa shape index (κ2) is 5.57. The summed E-state index contributed by atoms with van der Waals surface area (Å²) in [5, 5.41) is 4.54. The van der Waals surface area contributed by atoms with Gasteiger partial charge in [-0.1, -0.05) is 35.0 Å². The summed E-state index contributed by atoms with van der Waals surface area (Å²) >= 11 is 3.60. The predicted molar refractivity (Wildman–Crippen MR) is 82.2 cm³/mol. The molecule has 100 valence electrons. The van der Waals surface area contributed by atoms with Crippen molar-refractivity contribution in [2.45, 2.75) is 19.5 Å². The first-order valence-corrected chi connectivity index (χ1v) is 7.55. The first-order chi connectivity index (χ1) is 9.29. The average molecular weight is 320 g/mol. The molecule has 4 heteroatoms. The summed E-state index contributed by atoms with van der Waals surface area (Å²) in [4.78, 5) is 7.08. The van der Waals surface area contributed by atoms with Gasteiger partial charge in [0.1, 0.15) is 0 Å². The van der Waals surface area contributed by atoms with E-state index in [9.17, 15) is 0 Å². The van der Waals surface area contributed by atoms with E-state index in [-0.39, 0.29) is 0 Å². The van der Waals surface area contributed by atoms with Crippen molar-refractivity contribution < 1.29 is 0 Å². The molecule has 0 aliphatic carbocycles. The highest BCUT2D eigenvalue weighted by Crippen LogP contribution is 2.26. The second-order valence-corrected chi connectivity index (χ2v) is 5.84. The van der Waals surface area contributed by atoms with Gasteiger partial charge >= 0.3 is 0 Å². The van der Waals surface area contributed by atoms with Crippen molar-refractivity contribution in [2.75, 3.05) is 19.6 Å². The fourth-order valence-corrected chi connectivity index (χ4v) is 3.03. The molecule has 1 aromatic carbocycles. The number of fused-ring (bicyclic) bond motifs is 1. The largest absolute Gasteiger partial charge is 0.314 e. The van der Waals surface area contributed by atoms with Crippen molar-refractivity contribution in [1.29, 1.82) is 0 Å². The first kappa shape index (κ1) is 13.0. The van der Waals surface area contributed by atoms with Crippen LogP contribution < -0.4 is 5.32 Å². The zero-order valence-corrected chi connectivity index (χ0v) is 12.7. The highest BCUT2D eigenvalue weighted by atomic mass is 79.9. The Balaban J connectivity index is 1.93. The molecular weight excluding hydrogens is 302 g/mol. The van der Waals surface area contributed by atoms with E-state index in [0.29, 0.717) is 6.04 Å². The zero-order valence-electron chi connectivity index (χ0n) is 11.1. The lowest BCUT2D eigenvalue weighted by molar-refractivity contribution is 0.145. The molecule has 0 unspecified atom stereocenters. The van der Waals surface area contributed by atoms with Crippen molar-refractivity contribution in [3.05, 3.63) is 40.5 Å². The minimum absolute atomic E-state index is 0.674. The Morgan fingerprint density at radius 1 is 1.37 bits per heavy atom. The zero-order chi connectivity index (χ0) is 13.2. The molecule has 1 aliphatic rings. The monoisotopic (exact) mass is 319 g/mol. The highest BCUT2D eigenvalue weighted by molar-refractivity contribution is 9.10. The molecule has 1 N–H and O–H groups in total. The number of hydrogen-bond acceptors (Lipinski definition) is 3. The quantitative estimate of drug-likeness (QED) is 0.939. The van der Waals surface area contributed by atoms with Crippen LogP contribution in [0, 0.1) is 0 Å². The van der Waals surface area contributed by atoms with Crippen LogP contribution in [-0.4, -0.2) is 35.6 Å². The van der Waals surface area contributed by atoms with E-state index in [0.717, 1.165) is 36.2 Å². The van der Waals surface area contributed by atoms with Crippen molar-refractivity contribution in [1.82, 2.24) is 15.2 Å². The van der Waals surface area contributed by atoms with Gasteiger partial charge in [0.05, 0.1) is 5.52 Å². The maximum absolute atomic E-state index is 4.56. The normalized spacial score (nSPS) is 15.9. The topological polar surface area (TPSA) is 28.2 Å². The molecule has 2 aromatic rings. The van der Waals surface area contributed by atoms with Gasteiger partial charge < -0.3 is 5.32 Å². The van der Waals surface area contributed by atoms with Crippen molar-refractivity contribution in [3.63, 3.8) is 0 Å². The van der Waals surface area contributed by atoms with Crippen LogP contribution in [0.25, 0.3) is 10.9 Å². The number of aromatic nitrogens is 1. The van der Waals surface area contributed by atoms with Crippen LogP contribution in [0.3, 0.4) is 0 Å². The van der Waals surface area contributed by atoms with Crippen LogP contribution in [0.1, 0.15) is 12.5 Å². The van der Waals surface area contributed by atoms with Crippen molar-refractivity contribution in [3.8, 4) is 0 Å². The van der Waals surface area contributed by atoms with Crippen LogP contribution in [0.15, 0.2) is 34.9 Å². The fourth-order valence-electron chi connectivity index (χ4n) is 2.57. The van der Waals surface area contributed by atoms with Gasteiger partial charge in [0.15, 0.2) is 0 Å². The molecule has 1 fully saturated rings. The maximum atomic E-state index is 4.56. The molecule has 0 amide bonds. The average Bonchev–Trinajstić information content (AvgIpc) is 2.39. The number of benzene rings is 1. The fraction of sp³-hybridized carbons (Fsp3) is 0.400. The van der Waals surface area contributed by atoms with Crippen molar-refractivity contribution in [2.24, 2.45) is 0 Å². The van der Waals surface area contributed by atoms with Gasteiger partial charge in [-0.05, 0) is 24.2 Å². The lowest BCUT2D eigenvalue weighted by atomic mass is 10.1. The molecule has 1 aliphatic heterocycles. The number of hydrogen-bond donors (Lipinski definition) is 1. The van der Waals surface area contributed by atoms with Crippen LogP contribution in [0.2, 0.25) is 0 Å². The van der Waals surface area contributed by atoms with Gasteiger partial charge in [0.2, 0.25) is 0 Å². The lowest BCUT2D eigenvalue weighted by Crippen LogP contribution is -2.56. The van der Waals surface area contributed by atoms with Gasteiger partial charge in [-0.3, -0.25) is 9.88 Å². The van der Waals surface area contributed by atoms with E-state index in [1.165, 1.54) is 10.9 Å². The highest BCUT2D eigenvalue weighted by Gasteiger charge is 2.23. The van der Waals surface area contributed by atoms with E-state index in [1.807, 2.05) is 12.3 Å². The van der Waals surface area contributed by atoms with Gasteiger partial charge in [-0.2, -0.15) is 0 Å². The molecule has 0 radical (unpaired) electrons. The number of pyridine rings is 1. The van der Waals surface area contributed by atoms with Crippen LogP contribution in [-0.2, 0) is 6.54 Å². The summed E-state index contributed by atoms with van der Waals surface area (Å²) in [5.41, 5.74) is 2.43. The molecule has 2 heterocycles. The molecule has 3 rings (SSSR count). The molecule has 3 nitrogen and oxygen atoms in total. The van der Waals surface area contributed by atoms with Gasteiger partial charge in [0, 0.05) is 41.7 Å². The molecule has 0 saturated carbocycles. The third-order valence-electron chi connectivity index (χ3n) is 3.86. The number of nitrogens with zero attached hydrogens (tertiary/aromatic N) is 2. The SMILES string of the molecule is CCN(Cc1ccc(Br)c2cccnc12)C1CNC1. The van der Waals surface area contributed by atoms with E-state index in [1.54, 1.807) is 0 Å². The Bertz CT molecular complexity index is 581. The lowest BCUT2D eigenvalue weighted by Gasteiger charge is -2.37. The summed E-state index contributed by atoms with van der Waals surface area (Å²) in [6.07, 6.45) is 1.87. The summed E-state index contributed by atoms with van der Waals surface area (Å²) in [6, 6.07) is 9.11. The molecule has 0 spiro atoms. The molecular formula is C15H18BrN3. The van der Waals surface area contributed by atoms with E-state index >= 15 is 0 Å². The van der Waals surface area contributed by atoms with Gasteiger partial charge in [-0.25, -0.2) is 0 Å². The number of nitrogens with one attached hydrogen (secondary N) is 1. The van der Waals surface area contributed by atoms with Crippen LogP contribution >= 0.6 is 15.9 Å². The van der Waals surface area contributed by atoms with Crippen molar-refractivity contribution >= 4 is 26.8 Å². The molecule has 1 saturated heterocycles. The summed E-state index contributed by atoms with van der Waals surface area (Å²) < 4.78 is 1.12. The summed E-state index contributed by atoms with van der Waals surface area (Å²) in [7, 11) is 0. The smallest absolute Gasteiger partial charge is 0.0758 e. The third kappa shape index (κ3) is 2.53. The first-order valence-electron chi connectivity index (χ1n) is 6.76. The van der Waals surface area contributed by atoms with Gasteiger partial charge in [-0.15, -0.1) is 0 Å². The number of rotatable bonds is 4. The minimum atomic E-state index is 0.674. The summed E-state index contributed by atoms with van der Waals surface area (Å²) in [6.45, 7) is 6.50. The molecule has 1 aromatic heterocycles. The Kier molecular flexibility index (Phi) is 3.82. The molecule has 0 atom stereocenters. The summed E-state index contributed by atoms with van der Waals surface area (Å²) in [5.74, 6) is 0.